The SMILES string of the molecule is COc1ccc(C)cc1C(O)C(NCCO)C(C)C. The first-order valence-corrected chi connectivity index (χ1v) is 6.68. The zero-order valence-electron chi connectivity index (χ0n) is 12.2. The van der Waals surface area contributed by atoms with Crippen LogP contribution in [0.1, 0.15) is 31.1 Å². The van der Waals surface area contributed by atoms with E-state index in [1.54, 1.807) is 7.11 Å². The lowest BCUT2D eigenvalue weighted by Crippen LogP contribution is -2.40. The molecular weight excluding hydrogens is 242 g/mol. The van der Waals surface area contributed by atoms with Crippen molar-refractivity contribution in [2.45, 2.75) is 32.9 Å². The number of benzene rings is 1. The highest BCUT2D eigenvalue weighted by atomic mass is 16.5. The number of nitrogens with one attached hydrogen (secondary N) is 1. The van der Waals surface area contributed by atoms with E-state index < -0.39 is 6.10 Å². The average molecular weight is 267 g/mol. The molecule has 0 radical (unpaired) electrons. The van der Waals surface area contributed by atoms with E-state index in [1.165, 1.54) is 0 Å². The summed E-state index contributed by atoms with van der Waals surface area (Å²) in [4.78, 5) is 0. The highest BCUT2D eigenvalue weighted by Gasteiger charge is 2.26. The van der Waals surface area contributed by atoms with E-state index in [0.29, 0.717) is 12.3 Å². The first-order valence-electron chi connectivity index (χ1n) is 6.68. The predicted octanol–water partition coefficient (Wildman–Crippen LogP) is 1.64. The zero-order chi connectivity index (χ0) is 14.4. The lowest BCUT2D eigenvalue weighted by molar-refractivity contribution is 0.0990. The number of aliphatic hydroxyl groups is 2. The van der Waals surface area contributed by atoms with Gasteiger partial charge in [-0.3, -0.25) is 0 Å². The maximum absolute atomic E-state index is 10.6. The number of hydrogen-bond donors (Lipinski definition) is 3. The third-order valence-corrected chi connectivity index (χ3v) is 3.25. The standard InChI is InChI=1S/C15H25NO3/c1-10(2)14(16-7-8-17)15(18)12-9-11(3)5-6-13(12)19-4/h5-6,9-10,14-18H,7-8H2,1-4H3. The molecule has 19 heavy (non-hydrogen) atoms. The Morgan fingerprint density at radius 1 is 1.32 bits per heavy atom. The van der Waals surface area contributed by atoms with Gasteiger partial charge in [-0.2, -0.15) is 0 Å². The first-order chi connectivity index (χ1) is 9.01. The molecule has 2 unspecified atom stereocenters. The number of methoxy groups -OCH3 is 1. The number of aryl methyl sites for hydroxylation is 1. The Balaban J connectivity index is 3.00. The van der Waals surface area contributed by atoms with Crippen molar-refractivity contribution in [2.75, 3.05) is 20.3 Å². The molecule has 1 aromatic rings. The lowest BCUT2D eigenvalue weighted by atomic mass is 9.92. The van der Waals surface area contributed by atoms with E-state index in [1.807, 2.05) is 39.0 Å². The molecule has 0 aliphatic rings. The summed E-state index contributed by atoms with van der Waals surface area (Å²) in [7, 11) is 1.60. The number of rotatable bonds is 7. The van der Waals surface area contributed by atoms with Crippen LogP contribution in [0.4, 0.5) is 0 Å². The fourth-order valence-corrected chi connectivity index (χ4v) is 2.22. The van der Waals surface area contributed by atoms with Gasteiger partial charge in [-0.1, -0.05) is 25.5 Å². The van der Waals surface area contributed by atoms with Gasteiger partial charge in [-0.05, 0) is 25.0 Å². The summed E-state index contributed by atoms with van der Waals surface area (Å²) in [5.41, 5.74) is 1.87. The summed E-state index contributed by atoms with van der Waals surface area (Å²) in [6, 6.07) is 5.65. The summed E-state index contributed by atoms with van der Waals surface area (Å²) < 4.78 is 5.32. The van der Waals surface area contributed by atoms with E-state index in [2.05, 4.69) is 5.32 Å². The van der Waals surface area contributed by atoms with Gasteiger partial charge in [0.15, 0.2) is 0 Å². The first kappa shape index (κ1) is 16.0. The Hall–Kier alpha value is -1.10. The van der Waals surface area contributed by atoms with Gasteiger partial charge in [0, 0.05) is 18.2 Å². The molecule has 0 heterocycles. The van der Waals surface area contributed by atoms with Crippen molar-refractivity contribution in [3.63, 3.8) is 0 Å². The Labute approximate surface area is 115 Å². The highest BCUT2D eigenvalue weighted by molar-refractivity contribution is 5.39. The molecule has 4 heteroatoms. The largest absolute Gasteiger partial charge is 0.496 e. The van der Waals surface area contributed by atoms with Crippen molar-refractivity contribution in [3.05, 3.63) is 29.3 Å². The van der Waals surface area contributed by atoms with Crippen LogP contribution in [-0.2, 0) is 0 Å². The van der Waals surface area contributed by atoms with Gasteiger partial charge in [-0.25, -0.2) is 0 Å². The molecule has 0 saturated carbocycles. The molecule has 0 fully saturated rings. The molecule has 0 aromatic heterocycles. The molecule has 4 nitrogen and oxygen atoms in total. The Kier molecular flexibility index (Phi) is 6.28. The van der Waals surface area contributed by atoms with Crippen LogP contribution < -0.4 is 10.1 Å². The van der Waals surface area contributed by atoms with Crippen molar-refractivity contribution < 1.29 is 14.9 Å². The van der Waals surface area contributed by atoms with Crippen molar-refractivity contribution in [1.29, 1.82) is 0 Å². The third-order valence-electron chi connectivity index (χ3n) is 3.25. The minimum absolute atomic E-state index is 0.0564. The lowest BCUT2D eigenvalue weighted by Gasteiger charge is -2.28. The van der Waals surface area contributed by atoms with Crippen LogP contribution in [0.5, 0.6) is 5.75 Å². The minimum Gasteiger partial charge on any atom is -0.496 e. The van der Waals surface area contributed by atoms with Gasteiger partial charge >= 0.3 is 0 Å². The Morgan fingerprint density at radius 2 is 2.00 bits per heavy atom. The van der Waals surface area contributed by atoms with Gasteiger partial charge in [-0.15, -0.1) is 0 Å². The third kappa shape index (κ3) is 4.20. The molecule has 3 N–H and O–H groups in total. The molecule has 108 valence electrons. The molecule has 0 aliphatic carbocycles. The zero-order valence-corrected chi connectivity index (χ0v) is 12.2. The second-order valence-corrected chi connectivity index (χ2v) is 5.14. The van der Waals surface area contributed by atoms with E-state index in [9.17, 15) is 5.11 Å². The molecule has 0 amide bonds. The van der Waals surface area contributed by atoms with Crippen LogP contribution in [-0.4, -0.2) is 36.5 Å². The minimum atomic E-state index is -0.665. The van der Waals surface area contributed by atoms with E-state index in [-0.39, 0.29) is 18.6 Å². The van der Waals surface area contributed by atoms with Crippen molar-refractivity contribution in [1.82, 2.24) is 5.32 Å². The predicted molar refractivity (Wildman–Crippen MR) is 76.4 cm³/mol. The summed E-state index contributed by atoms with van der Waals surface area (Å²) in [6.45, 7) is 6.59. The number of ether oxygens (including phenoxy) is 1. The van der Waals surface area contributed by atoms with Crippen molar-refractivity contribution in [3.8, 4) is 5.75 Å². The molecule has 1 aromatic carbocycles. The molecule has 2 atom stereocenters. The van der Waals surface area contributed by atoms with E-state index in [0.717, 1.165) is 11.1 Å². The van der Waals surface area contributed by atoms with Crippen LogP contribution >= 0.6 is 0 Å². The van der Waals surface area contributed by atoms with Gasteiger partial charge in [0.25, 0.3) is 0 Å². The van der Waals surface area contributed by atoms with Crippen LogP contribution in [0, 0.1) is 12.8 Å². The summed E-state index contributed by atoms with van der Waals surface area (Å²) in [6.07, 6.45) is -0.665. The maximum Gasteiger partial charge on any atom is 0.124 e. The average Bonchev–Trinajstić information content (AvgIpc) is 2.38. The fourth-order valence-electron chi connectivity index (χ4n) is 2.22. The number of hydrogen-bond acceptors (Lipinski definition) is 4. The second kappa shape index (κ2) is 7.48. The molecular formula is C15H25NO3. The van der Waals surface area contributed by atoms with Gasteiger partial charge in [0.1, 0.15) is 5.75 Å². The van der Waals surface area contributed by atoms with Gasteiger partial charge in [0.05, 0.1) is 19.8 Å². The molecule has 0 spiro atoms. The summed E-state index contributed by atoms with van der Waals surface area (Å²) >= 11 is 0. The molecule has 1 rings (SSSR count). The normalized spacial score (nSPS) is 14.5. The molecule has 0 saturated heterocycles. The van der Waals surface area contributed by atoms with Crippen molar-refractivity contribution >= 4 is 0 Å². The maximum atomic E-state index is 10.6. The summed E-state index contributed by atoms with van der Waals surface area (Å²) in [5, 5.41) is 22.7. The highest BCUT2D eigenvalue weighted by Crippen LogP contribution is 2.30. The fraction of sp³-hybridized carbons (Fsp3) is 0.600. The quantitative estimate of drug-likeness (QED) is 0.703. The smallest absolute Gasteiger partial charge is 0.124 e. The number of aliphatic hydroxyl groups excluding tert-OH is 2. The van der Waals surface area contributed by atoms with Crippen molar-refractivity contribution in [2.24, 2.45) is 5.92 Å². The Bertz CT molecular complexity index is 393. The Morgan fingerprint density at radius 3 is 2.53 bits per heavy atom. The topological polar surface area (TPSA) is 61.7 Å². The van der Waals surface area contributed by atoms with E-state index in [4.69, 9.17) is 9.84 Å². The molecule has 0 bridgehead atoms. The van der Waals surface area contributed by atoms with Crippen LogP contribution in [0.2, 0.25) is 0 Å². The van der Waals surface area contributed by atoms with E-state index >= 15 is 0 Å². The second-order valence-electron chi connectivity index (χ2n) is 5.14. The summed E-state index contributed by atoms with van der Waals surface area (Å²) in [5.74, 6) is 0.932. The monoisotopic (exact) mass is 267 g/mol. The van der Waals surface area contributed by atoms with Gasteiger partial charge in [0.2, 0.25) is 0 Å². The molecule has 0 aliphatic heterocycles. The van der Waals surface area contributed by atoms with Crippen LogP contribution in [0.15, 0.2) is 18.2 Å². The van der Waals surface area contributed by atoms with Crippen LogP contribution in [0.3, 0.4) is 0 Å². The van der Waals surface area contributed by atoms with Gasteiger partial charge < -0.3 is 20.3 Å². The van der Waals surface area contributed by atoms with Crippen LogP contribution in [0.25, 0.3) is 0 Å².